The third-order valence-corrected chi connectivity index (χ3v) is 12.4. The van der Waals surface area contributed by atoms with Gasteiger partial charge in [-0.15, -0.1) is 0 Å². The van der Waals surface area contributed by atoms with E-state index < -0.39 is 37.3 Å². The van der Waals surface area contributed by atoms with Gasteiger partial charge in [0.1, 0.15) is 24.4 Å². The molecule has 7 nitrogen and oxygen atoms in total. The van der Waals surface area contributed by atoms with Gasteiger partial charge >= 0.3 is 0 Å². The van der Waals surface area contributed by atoms with Crippen LogP contribution in [-0.2, 0) is 9.53 Å². The molecule has 1 saturated heterocycles. The summed E-state index contributed by atoms with van der Waals surface area (Å²) in [6.45, 7) is 6.98. The van der Waals surface area contributed by atoms with E-state index in [1.165, 1.54) is 64.2 Å². The first-order valence-corrected chi connectivity index (χ1v) is 15.2. The molecule has 5 rings (SSSR count). The maximum absolute atomic E-state index is 12.8. The van der Waals surface area contributed by atoms with E-state index in [1.54, 1.807) is 0 Å². The molecule has 4 aliphatic carbocycles. The second-order valence-electron chi connectivity index (χ2n) is 14.0. The van der Waals surface area contributed by atoms with E-state index in [1.807, 2.05) is 0 Å². The Kier molecular flexibility index (Phi) is 8.03. The molecule has 13 atom stereocenters. The zero-order valence-corrected chi connectivity index (χ0v) is 23.1. The number of fused-ring (bicyclic) bond motifs is 5. The van der Waals surface area contributed by atoms with Crippen LogP contribution in [0, 0.1) is 46.3 Å². The first-order valence-electron chi connectivity index (χ1n) is 15.2. The van der Waals surface area contributed by atoms with Crippen molar-refractivity contribution in [3.63, 3.8) is 0 Å². The van der Waals surface area contributed by atoms with Crippen molar-refractivity contribution >= 4 is 5.91 Å². The highest BCUT2D eigenvalue weighted by molar-refractivity contribution is 5.76. The number of rotatable bonds is 6. The maximum Gasteiger partial charge on any atom is 0.220 e. The largest absolute Gasteiger partial charge is 0.394 e. The van der Waals surface area contributed by atoms with Gasteiger partial charge < -0.3 is 30.5 Å². The van der Waals surface area contributed by atoms with Gasteiger partial charge in [-0.05, 0) is 104 Å². The van der Waals surface area contributed by atoms with Crippen LogP contribution in [0.15, 0.2) is 0 Å². The summed E-state index contributed by atoms with van der Waals surface area (Å²) in [4.78, 5) is 12.8. The minimum absolute atomic E-state index is 0.250. The van der Waals surface area contributed by atoms with Crippen LogP contribution in [0.1, 0.15) is 97.8 Å². The van der Waals surface area contributed by atoms with Crippen molar-refractivity contribution in [2.45, 2.75) is 128 Å². The van der Waals surface area contributed by atoms with Crippen LogP contribution in [0.4, 0.5) is 0 Å². The lowest BCUT2D eigenvalue weighted by Crippen LogP contribution is -2.64. The van der Waals surface area contributed by atoms with Crippen molar-refractivity contribution in [3.05, 3.63) is 0 Å². The molecule has 4 saturated carbocycles. The van der Waals surface area contributed by atoms with Gasteiger partial charge in [0.15, 0.2) is 6.29 Å². The first-order chi connectivity index (χ1) is 17.6. The zero-order valence-electron chi connectivity index (χ0n) is 23.1. The predicted molar refractivity (Wildman–Crippen MR) is 140 cm³/mol. The number of ether oxygens (including phenoxy) is 1. The lowest BCUT2D eigenvalue weighted by Gasteiger charge is -2.61. The van der Waals surface area contributed by atoms with Gasteiger partial charge in [0.05, 0.1) is 6.61 Å². The molecular formula is C30H51NO6. The van der Waals surface area contributed by atoms with E-state index >= 15 is 0 Å². The van der Waals surface area contributed by atoms with Crippen LogP contribution < -0.4 is 5.32 Å². The van der Waals surface area contributed by atoms with Crippen molar-refractivity contribution in [1.82, 2.24) is 5.32 Å². The van der Waals surface area contributed by atoms with Gasteiger partial charge in [0.2, 0.25) is 5.91 Å². The number of aliphatic hydroxyl groups is 4. The van der Waals surface area contributed by atoms with Crippen LogP contribution in [0.3, 0.4) is 0 Å². The number of carbonyl (C=O) groups excluding carboxylic acids is 1. The Labute approximate surface area is 222 Å². The number of nitrogens with one attached hydrogen (secondary N) is 1. The summed E-state index contributed by atoms with van der Waals surface area (Å²) in [5.41, 5.74) is 0.926. The molecule has 0 unspecified atom stereocenters. The molecule has 0 radical (unpaired) electrons. The van der Waals surface area contributed by atoms with Crippen molar-refractivity contribution < 1.29 is 30.0 Å². The molecule has 5 N–H and O–H groups in total. The molecule has 1 aliphatic heterocycles. The molecule has 0 bridgehead atoms. The van der Waals surface area contributed by atoms with Crippen LogP contribution in [0.5, 0.6) is 0 Å². The fourth-order valence-corrected chi connectivity index (χ4v) is 10.3. The molecule has 0 aromatic carbocycles. The van der Waals surface area contributed by atoms with Crippen LogP contribution in [-0.4, -0.2) is 63.6 Å². The highest BCUT2D eigenvalue weighted by Crippen LogP contribution is 2.68. The Hall–Kier alpha value is -0.730. The molecule has 0 spiro atoms. The third kappa shape index (κ3) is 4.79. The molecule has 1 amide bonds. The molecule has 5 fully saturated rings. The zero-order chi connectivity index (χ0) is 26.5. The number of hydrogen-bond donors (Lipinski definition) is 5. The highest BCUT2D eigenvalue weighted by Gasteiger charge is 2.60. The smallest absolute Gasteiger partial charge is 0.220 e. The van der Waals surface area contributed by atoms with Crippen molar-refractivity contribution in [2.24, 2.45) is 46.3 Å². The van der Waals surface area contributed by atoms with Gasteiger partial charge in [0.25, 0.3) is 0 Å². The normalized spacial score (nSPS) is 50.5. The van der Waals surface area contributed by atoms with E-state index in [9.17, 15) is 25.2 Å². The van der Waals surface area contributed by atoms with Crippen molar-refractivity contribution in [2.75, 3.05) is 6.61 Å². The summed E-state index contributed by atoms with van der Waals surface area (Å²) in [6, 6.07) is -1.11. The lowest BCUT2D eigenvalue weighted by molar-refractivity contribution is -0.253. The Bertz CT molecular complexity index is 824. The lowest BCUT2D eigenvalue weighted by atomic mass is 9.44. The SMILES string of the molecule is C[C@H](CCC(=O)N[C@@H]1[C@@H](O)[C@H](O)[C@@H](CO)O[C@@H]1O)[C@H]1CC[C@H]2[C@@H]3CC[C@@H]4CCCC[C@]4(C)[C@H]3CC[C@]12C. The maximum atomic E-state index is 12.8. The molecule has 0 aromatic rings. The predicted octanol–water partition coefficient (Wildman–Crippen LogP) is 3.37. The van der Waals surface area contributed by atoms with Gasteiger partial charge in [0, 0.05) is 6.42 Å². The monoisotopic (exact) mass is 521 g/mol. The van der Waals surface area contributed by atoms with Crippen molar-refractivity contribution in [1.29, 1.82) is 0 Å². The number of amides is 1. The van der Waals surface area contributed by atoms with Gasteiger partial charge in [-0.2, -0.15) is 0 Å². The van der Waals surface area contributed by atoms with Gasteiger partial charge in [-0.1, -0.05) is 33.6 Å². The van der Waals surface area contributed by atoms with Gasteiger partial charge in [-0.3, -0.25) is 4.79 Å². The van der Waals surface area contributed by atoms with E-state index in [0.717, 1.165) is 30.1 Å². The topological polar surface area (TPSA) is 119 Å². The minimum Gasteiger partial charge on any atom is -0.394 e. The Balaban J connectivity index is 1.17. The first kappa shape index (κ1) is 27.8. The quantitative estimate of drug-likeness (QED) is 0.366. The third-order valence-electron chi connectivity index (χ3n) is 12.4. The second kappa shape index (κ2) is 10.7. The van der Waals surface area contributed by atoms with Crippen LogP contribution in [0.25, 0.3) is 0 Å². The average Bonchev–Trinajstić information content (AvgIpc) is 3.24. The Morgan fingerprint density at radius 2 is 1.70 bits per heavy atom. The average molecular weight is 522 g/mol. The number of aliphatic hydroxyl groups excluding tert-OH is 4. The highest BCUT2D eigenvalue weighted by atomic mass is 16.6. The molecule has 212 valence electrons. The molecule has 37 heavy (non-hydrogen) atoms. The fraction of sp³-hybridized carbons (Fsp3) is 0.967. The van der Waals surface area contributed by atoms with E-state index in [4.69, 9.17) is 4.74 Å². The molecule has 5 aliphatic rings. The van der Waals surface area contributed by atoms with E-state index in [-0.39, 0.29) is 5.91 Å². The van der Waals surface area contributed by atoms with Gasteiger partial charge in [-0.25, -0.2) is 0 Å². The van der Waals surface area contributed by atoms with Crippen molar-refractivity contribution in [3.8, 4) is 0 Å². The summed E-state index contributed by atoms with van der Waals surface area (Å²) in [6.07, 6.45) is 9.68. The molecular weight excluding hydrogens is 470 g/mol. The molecule has 0 aromatic heterocycles. The molecule has 1 heterocycles. The van der Waals surface area contributed by atoms with E-state index in [2.05, 4.69) is 26.1 Å². The van der Waals surface area contributed by atoms with Crippen LogP contribution >= 0.6 is 0 Å². The fourth-order valence-electron chi connectivity index (χ4n) is 10.3. The summed E-state index contributed by atoms with van der Waals surface area (Å²) in [7, 11) is 0. The molecule has 7 heteroatoms. The minimum atomic E-state index is -1.47. The summed E-state index contributed by atoms with van der Waals surface area (Å²) < 4.78 is 5.18. The summed E-state index contributed by atoms with van der Waals surface area (Å²) in [5, 5.41) is 42.5. The summed E-state index contributed by atoms with van der Waals surface area (Å²) >= 11 is 0. The number of hydrogen-bond acceptors (Lipinski definition) is 6. The Morgan fingerprint density at radius 1 is 0.946 bits per heavy atom. The standard InChI is InChI=1S/C30H51NO6/c1-17(7-12-24(33)31-25-27(35)26(34)23(16-32)37-28(25)36)20-10-11-21-19-9-8-18-6-4-5-14-29(18,2)22(19)13-15-30(20,21)3/h17-23,25-28,32,34-36H,4-16H2,1-3H3,(H,31,33)/t17-,18+,19+,20-,21+,22+,23-,25-,26-,27-,28+,29+,30-/m1/s1. The van der Waals surface area contributed by atoms with E-state index in [0.29, 0.717) is 29.1 Å². The Morgan fingerprint density at radius 3 is 2.46 bits per heavy atom. The second-order valence-corrected chi connectivity index (χ2v) is 14.0. The van der Waals surface area contributed by atoms with Crippen LogP contribution in [0.2, 0.25) is 0 Å². The summed E-state index contributed by atoms with van der Waals surface area (Å²) in [5.74, 6) is 4.36. The number of carbonyl (C=O) groups is 1.